The zero-order chi connectivity index (χ0) is 14.5. The van der Waals surface area contributed by atoms with E-state index in [1.165, 1.54) is 12.1 Å². The number of amidine groups is 1. The molecule has 4 N–H and O–H groups in total. The molecule has 5 nitrogen and oxygen atoms in total. The summed E-state index contributed by atoms with van der Waals surface area (Å²) in [5, 5.41) is 20.9. The van der Waals surface area contributed by atoms with E-state index in [1.807, 2.05) is 0 Å². The van der Waals surface area contributed by atoms with E-state index < -0.39 is 5.82 Å². The van der Waals surface area contributed by atoms with Gasteiger partial charge in [-0.05, 0) is 43.4 Å². The fourth-order valence-electron chi connectivity index (χ4n) is 2.75. The molecule has 2 rings (SSSR count). The van der Waals surface area contributed by atoms with Gasteiger partial charge in [0, 0.05) is 30.9 Å². The third-order valence-electron chi connectivity index (χ3n) is 3.74. The molecule has 1 aliphatic rings. The maximum atomic E-state index is 13.4. The molecule has 1 atom stereocenters. The normalized spacial score (nSPS) is 20.2. The van der Waals surface area contributed by atoms with E-state index in [-0.39, 0.29) is 12.4 Å². The number of hydrogen-bond acceptors (Lipinski definition) is 4. The van der Waals surface area contributed by atoms with Crippen molar-refractivity contribution in [2.45, 2.75) is 19.3 Å². The summed E-state index contributed by atoms with van der Waals surface area (Å²) in [6, 6.07) is 4.31. The molecule has 20 heavy (non-hydrogen) atoms. The number of benzene rings is 1. The van der Waals surface area contributed by atoms with Gasteiger partial charge in [0.05, 0.1) is 0 Å². The topological polar surface area (TPSA) is 82.1 Å². The van der Waals surface area contributed by atoms with Gasteiger partial charge in [-0.25, -0.2) is 4.39 Å². The maximum Gasteiger partial charge on any atom is 0.172 e. The van der Waals surface area contributed by atoms with Crippen molar-refractivity contribution in [1.29, 1.82) is 0 Å². The molecule has 110 valence electrons. The smallest absolute Gasteiger partial charge is 0.172 e. The molecule has 1 aromatic rings. The second-order valence-electron chi connectivity index (χ2n) is 5.11. The Labute approximate surface area is 117 Å². The lowest BCUT2D eigenvalue weighted by Gasteiger charge is -2.35. The third-order valence-corrected chi connectivity index (χ3v) is 3.74. The summed E-state index contributed by atoms with van der Waals surface area (Å²) >= 11 is 0. The second kappa shape index (κ2) is 6.56. The summed E-state index contributed by atoms with van der Waals surface area (Å²) in [7, 11) is 0. The second-order valence-corrected chi connectivity index (χ2v) is 5.11. The van der Waals surface area contributed by atoms with Crippen LogP contribution < -0.4 is 10.6 Å². The molecule has 0 radical (unpaired) electrons. The van der Waals surface area contributed by atoms with Gasteiger partial charge in [0.1, 0.15) is 5.82 Å². The monoisotopic (exact) mass is 281 g/mol. The quantitative estimate of drug-likeness (QED) is 0.338. The van der Waals surface area contributed by atoms with Gasteiger partial charge in [-0.2, -0.15) is 0 Å². The number of aliphatic hydroxyl groups excluding tert-OH is 1. The van der Waals surface area contributed by atoms with Crippen LogP contribution in [-0.2, 0) is 0 Å². The minimum Gasteiger partial charge on any atom is -0.409 e. The van der Waals surface area contributed by atoms with Crippen LogP contribution in [0.2, 0.25) is 0 Å². The number of anilines is 1. The van der Waals surface area contributed by atoms with Crippen LogP contribution in [0.5, 0.6) is 0 Å². The fraction of sp³-hybridized carbons (Fsp3) is 0.500. The van der Waals surface area contributed by atoms with Crippen molar-refractivity contribution in [2.24, 2.45) is 16.8 Å². The summed E-state index contributed by atoms with van der Waals surface area (Å²) < 4.78 is 13.4. The van der Waals surface area contributed by atoms with Crippen LogP contribution in [0.15, 0.2) is 23.4 Å². The first-order valence-corrected chi connectivity index (χ1v) is 6.79. The van der Waals surface area contributed by atoms with Gasteiger partial charge in [0.2, 0.25) is 0 Å². The number of nitrogens with two attached hydrogens (primary N) is 1. The largest absolute Gasteiger partial charge is 0.409 e. The first kappa shape index (κ1) is 14.6. The highest BCUT2D eigenvalue weighted by Gasteiger charge is 2.22. The van der Waals surface area contributed by atoms with Crippen molar-refractivity contribution in [2.75, 3.05) is 24.6 Å². The van der Waals surface area contributed by atoms with Gasteiger partial charge < -0.3 is 20.9 Å². The van der Waals surface area contributed by atoms with E-state index in [0.29, 0.717) is 11.5 Å². The third kappa shape index (κ3) is 3.19. The van der Waals surface area contributed by atoms with Gasteiger partial charge in [0.15, 0.2) is 5.84 Å². The predicted octanol–water partition coefficient (Wildman–Crippen LogP) is 1.52. The van der Waals surface area contributed by atoms with Crippen LogP contribution in [-0.4, -0.2) is 35.8 Å². The predicted molar refractivity (Wildman–Crippen MR) is 75.6 cm³/mol. The summed E-state index contributed by atoms with van der Waals surface area (Å²) in [6.45, 7) is 1.81. The average molecular weight is 281 g/mol. The van der Waals surface area contributed by atoms with Gasteiger partial charge in [-0.3, -0.25) is 0 Å². The Morgan fingerprint density at radius 3 is 3.00 bits per heavy atom. The molecule has 1 saturated heterocycles. The van der Waals surface area contributed by atoms with Gasteiger partial charge in [-0.1, -0.05) is 5.16 Å². The summed E-state index contributed by atoms with van der Waals surface area (Å²) in [6.07, 6.45) is 2.85. The number of nitrogens with zero attached hydrogens (tertiary/aromatic N) is 2. The molecule has 1 aromatic carbocycles. The Hall–Kier alpha value is -1.82. The maximum absolute atomic E-state index is 13.4. The minimum atomic E-state index is -0.417. The molecule has 6 heteroatoms. The SMILES string of the molecule is N/C(=N/O)c1cc(F)ccc1N1CCCC(CCO)C1. The molecule has 0 aromatic heterocycles. The van der Waals surface area contributed by atoms with Gasteiger partial charge in [-0.15, -0.1) is 0 Å². The Morgan fingerprint density at radius 2 is 2.30 bits per heavy atom. The van der Waals surface area contributed by atoms with Crippen LogP contribution in [0.1, 0.15) is 24.8 Å². The Morgan fingerprint density at radius 1 is 1.50 bits per heavy atom. The van der Waals surface area contributed by atoms with E-state index in [2.05, 4.69) is 10.1 Å². The number of halogens is 1. The lowest BCUT2D eigenvalue weighted by molar-refractivity contribution is 0.244. The first-order chi connectivity index (χ1) is 9.65. The van der Waals surface area contributed by atoms with E-state index in [4.69, 9.17) is 16.0 Å². The molecule has 0 saturated carbocycles. The fourth-order valence-corrected chi connectivity index (χ4v) is 2.75. The molecule has 0 amide bonds. The molecular weight excluding hydrogens is 261 g/mol. The van der Waals surface area contributed by atoms with E-state index >= 15 is 0 Å². The van der Waals surface area contributed by atoms with Gasteiger partial charge in [0.25, 0.3) is 0 Å². The molecule has 0 bridgehead atoms. The Bertz CT molecular complexity index is 491. The summed E-state index contributed by atoms with van der Waals surface area (Å²) in [5.74, 6) is -0.0954. The van der Waals surface area contributed by atoms with Crippen LogP contribution >= 0.6 is 0 Å². The molecular formula is C14H20FN3O2. The van der Waals surface area contributed by atoms with Crippen molar-refractivity contribution in [3.05, 3.63) is 29.6 Å². The summed E-state index contributed by atoms with van der Waals surface area (Å²) in [4.78, 5) is 2.11. The highest BCUT2D eigenvalue weighted by molar-refractivity contribution is 6.02. The minimum absolute atomic E-state index is 0.0937. The lowest BCUT2D eigenvalue weighted by Crippen LogP contribution is -2.37. The van der Waals surface area contributed by atoms with Gasteiger partial charge >= 0.3 is 0 Å². The van der Waals surface area contributed by atoms with Crippen molar-refractivity contribution in [1.82, 2.24) is 0 Å². The first-order valence-electron chi connectivity index (χ1n) is 6.79. The molecule has 0 spiro atoms. The van der Waals surface area contributed by atoms with Crippen LogP contribution in [0.3, 0.4) is 0 Å². The van der Waals surface area contributed by atoms with Crippen molar-refractivity contribution in [3.63, 3.8) is 0 Å². The number of piperidine rings is 1. The highest BCUT2D eigenvalue weighted by atomic mass is 19.1. The van der Waals surface area contributed by atoms with Crippen molar-refractivity contribution in [3.8, 4) is 0 Å². The van der Waals surface area contributed by atoms with E-state index in [1.54, 1.807) is 6.07 Å². The molecule has 1 aliphatic heterocycles. The molecule has 0 aliphatic carbocycles. The molecule has 1 unspecified atom stereocenters. The zero-order valence-electron chi connectivity index (χ0n) is 11.3. The lowest BCUT2D eigenvalue weighted by atomic mass is 9.94. The van der Waals surface area contributed by atoms with E-state index in [9.17, 15) is 4.39 Å². The highest BCUT2D eigenvalue weighted by Crippen LogP contribution is 2.28. The number of oxime groups is 1. The van der Waals surface area contributed by atoms with Crippen LogP contribution in [0.4, 0.5) is 10.1 Å². The Kier molecular flexibility index (Phi) is 4.79. The summed E-state index contributed by atoms with van der Waals surface area (Å²) in [5.41, 5.74) is 6.80. The average Bonchev–Trinajstić information content (AvgIpc) is 2.47. The van der Waals surface area contributed by atoms with E-state index in [0.717, 1.165) is 38.0 Å². The standard InChI is InChI=1S/C14H20FN3O2/c15-11-3-4-13(12(8-11)14(16)17-20)18-6-1-2-10(9-18)5-7-19/h3-4,8,10,19-20H,1-2,5-7,9H2,(H2,16,17). The van der Waals surface area contributed by atoms with Crippen molar-refractivity contribution >= 4 is 11.5 Å². The number of aliphatic hydroxyl groups is 1. The Balaban J connectivity index is 2.27. The zero-order valence-corrected chi connectivity index (χ0v) is 11.3. The van der Waals surface area contributed by atoms with Crippen molar-refractivity contribution < 1.29 is 14.7 Å². The molecule has 1 fully saturated rings. The number of rotatable bonds is 4. The van der Waals surface area contributed by atoms with Crippen LogP contribution in [0.25, 0.3) is 0 Å². The molecule has 1 heterocycles. The number of hydrogen-bond donors (Lipinski definition) is 3. The van der Waals surface area contributed by atoms with Crippen LogP contribution in [0, 0.1) is 11.7 Å².